The van der Waals surface area contributed by atoms with Crippen LogP contribution in [0.1, 0.15) is 29.7 Å². The van der Waals surface area contributed by atoms with E-state index in [1.165, 1.54) is 26.2 Å². The maximum atomic E-state index is 11.6. The highest BCUT2D eigenvalue weighted by Gasteiger charge is 2.17. The molecule has 7 heteroatoms. The summed E-state index contributed by atoms with van der Waals surface area (Å²) in [6, 6.07) is 2.75. The lowest BCUT2D eigenvalue weighted by Gasteiger charge is -2.00. The molecule has 0 spiro atoms. The Kier molecular flexibility index (Phi) is 4.66. The van der Waals surface area contributed by atoms with Gasteiger partial charge in [-0.15, -0.1) is 0 Å². The molecule has 1 aromatic rings. The van der Waals surface area contributed by atoms with Gasteiger partial charge in [0, 0.05) is 6.42 Å². The van der Waals surface area contributed by atoms with Gasteiger partial charge in [0.1, 0.15) is 17.3 Å². The largest absolute Gasteiger partial charge is 0.463 e. The quantitative estimate of drug-likeness (QED) is 0.717. The number of hydrogen-bond donors (Lipinski definition) is 0. The molecule has 0 aliphatic heterocycles. The second-order valence-corrected chi connectivity index (χ2v) is 5.99. The van der Waals surface area contributed by atoms with Gasteiger partial charge in [-0.3, -0.25) is 4.79 Å². The molecule has 6 nitrogen and oxygen atoms in total. The van der Waals surface area contributed by atoms with Crippen molar-refractivity contribution in [2.75, 3.05) is 12.9 Å². The van der Waals surface area contributed by atoms with Gasteiger partial charge >= 0.3 is 5.97 Å². The van der Waals surface area contributed by atoms with Crippen LogP contribution in [0.5, 0.6) is 0 Å². The first kappa shape index (κ1) is 14.4. The van der Waals surface area contributed by atoms with Gasteiger partial charge in [-0.25, -0.2) is 13.2 Å². The topological polar surface area (TPSA) is 90.7 Å². The Bertz CT molecular complexity index is 540. The molecule has 0 fully saturated rings. The molecule has 1 rings (SSSR count). The molecule has 0 saturated heterocycles. The van der Waals surface area contributed by atoms with Crippen LogP contribution in [0.15, 0.2) is 16.5 Å². The number of rotatable bonds is 6. The standard InChI is InChI=1S/C11H14O6S/c1-8(12)5-6-18(14,15)7-9-3-4-10(17-9)11(13)16-2/h3-4H,5-7H2,1-2H3. The van der Waals surface area contributed by atoms with Crippen LogP contribution in [0.4, 0.5) is 0 Å². The second-order valence-electron chi connectivity index (χ2n) is 3.80. The smallest absolute Gasteiger partial charge is 0.373 e. The molecule has 0 radical (unpaired) electrons. The SMILES string of the molecule is COC(=O)c1ccc(CS(=O)(=O)CCC(C)=O)o1. The van der Waals surface area contributed by atoms with Gasteiger partial charge in [-0.1, -0.05) is 0 Å². The van der Waals surface area contributed by atoms with Gasteiger partial charge in [0.05, 0.1) is 12.9 Å². The number of ether oxygens (including phenoxy) is 1. The third-order valence-electron chi connectivity index (χ3n) is 2.18. The van der Waals surface area contributed by atoms with Crippen molar-refractivity contribution in [3.8, 4) is 0 Å². The van der Waals surface area contributed by atoms with Crippen molar-refractivity contribution in [3.05, 3.63) is 23.7 Å². The molecule has 1 heterocycles. The van der Waals surface area contributed by atoms with Crippen LogP contribution >= 0.6 is 0 Å². The number of Topliss-reactive ketones (excluding diaryl/α,β-unsaturated/α-hetero) is 1. The summed E-state index contributed by atoms with van der Waals surface area (Å²) >= 11 is 0. The van der Waals surface area contributed by atoms with E-state index >= 15 is 0 Å². The summed E-state index contributed by atoms with van der Waals surface area (Å²) in [6.45, 7) is 1.33. The molecular weight excluding hydrogens is 260 g/mol. The molecule has 0 amide bonds. The van der Waals surface area contributed by atoms with Gasteiger partial charge in [0.2, 0.25) is 5.76 Å². The molecule has 0 N–H and O–H groups in total. The molecule has 0 aromatic carbocycles. The normalized spacial score (nSPS) is 11.2. The summed E-state index contributed by atoms with van der Waals surface area (Å²) in [5, 5.41) is 0. The van der Waals surface area contributed by atoms with Gasteiger partial charge in [-0.2, -0.15) is 0 Å². The summed E-state index contributed by atoms with van der Waals surface area (Å²) in [5.74, 6) is -1.31. The average molecular weight is 274 g/mol. The summed E-state index contributed by atoms with van der Waals surface area (Å²) in [7, 11) is -2.21. The van der Waals surface area contributed by atoms with E-state index in [0.29, 0.717) is 0 Å². The van der Waals surface area contributed by atoms with Crippen LogP contribution < -0.4 is 0 Å². The van der Waals surface area contributed by atoms with E-state index in [2.05, 4.69) is 4.74 Å². The lowest BCUT2D eigenvalue weighted by molar-refractivity contribution is -0.116. The van der Waals surface area contributed by atoms with Crippen LogP contribution in [-0.2, 0) is 25.1 Å². The lowest BCUT2D eigenvalue weighted by atomic mass is 10.4. The molecular formula is C11H14O6S. The first-order valence-corrected chi connectivity index (χ1v) is 7.03. The molecule has 0 aliphatic rings. The van der Waals surface area contributed by atoms with Gasteiger partial charge in [-0.05, 0) is 19.1 Å². The van der Waals surface area contributed by atoms with Crippen molar-refractivity contribution in [2.24, 2.45) is 0 Å². The number of sulfone groups is 1. The Hall–Kier alpha value is -1.63. The number of esters is 1. The second kappa shape index (κ2) is 5.81. The first-order chi connectivity index (χ1) is 8.34. The highest BCUT2D eigenvalue weighted by Crippen LogP contribution is 2.13. The Morgan fingerprint density at radius 1 is 1.33 bits per heavy atom. The zero-order chi connectivity index (χ0) is 13.8. The summed E-state index contributed by atoms with van der Waals surface area (Å²) in [5.41, 5.74) is 0. The fourth-order valence-electron chi connectivity index (χ4n) is 1.25. The molecule has 18 heavy (non-hydrogen) atoms. The number of methoxy groups -OCH3 is 1. The summed E-state index contributed by atoms with van der Waals surface area (Å²) < 4.78 is 32.7. The molecule has 100 valence electrons. The van der Waals surface area contributed by atoms with Crippen LogP contribution in [0.2, 0.25) is 0 Å². The molecule has 0 atom stereocenters. The van der Waals surface area contributed by atoms with E-state index < -0.39 is 15.8 Å². The highest BCUT2D eigenvalue weighted by atomic mass is 32.2. The Morgan fingerprint density at radius 3 is 2.56 bits per heavy atom. The monoisotopic (exact) mass is 274 g/mol. The van der Waals surface area contributed by atoms with Crippen molar-refractivity contribution < 1.29 is 27.2 Å². The van der Waals surface area contributed by atoms with Crippen molar-refractivity contribution in [1.29, 1.82) is 0 Å². The predicted octanol–water partition coefficient (Wildman–Crippen LogP) is 0.960. The number of ketones is 1. The molecule has 0 unspecified atom stereocenters. The third-order valence-corrected chi connectivity index (χ3v) is 3.73. The number of carbonyl (C=O) groups is 2. The van der Waals surface area contributed by atoms with Crippen molar-refractivity contribution in [2.45, 2.75) is 19.1 Å². The van der Waals surface area contributed by atoms with Crippen LogP contribution in [0, 0.1) is 0 Å². The Morgan fingerprint density at radius 2 is 2.00 bits per heavy atom. The third kappa shape index (κ3) is 4.33. The van der Waals surface area contributed by atoms with Crippen LogP contribution in [0.3, 0.4) is 0 Å². The van der Waals surface area contributed by atoms with Crippen molar-refractivity contribution >= 4 is 21.6 Å². The minimum absolute atomic E-state index is 0.0209. The van der Waals surface area contributed by atoms with E-state index in [9.17, 15) is 18.0 Å². The zero-order valence-electron chi connectivity index (χ0n) is 10.1. The molecule has 0 bridgehead atoms. The maximum absolute atomic E-state index is 11.6. The van der Waals surface area contributed by atoms with E-state index in [4.69, 9.17) is 4.42 Å². The Labute approximate surface area is 105 Å². The fourth-order valence-corrected chi connectivity index (χ4v) is 2.59. The van der Waals surface area contributed by atoms with E-state index in [0.717, 1.165) is 0 Å². The number of hydrogen-bond acceptors (Lipinski definition) is 6. The van der Waals surface area contributed by atoms with Crippen molar-refractivity contribution in [1.82, 2.24) is 0 Å². The minimum Gasteiger partial charge on any atom is -0.463 e. The molecule has 1 aromatic heterocycles. The van der Waals surface area contributed by atoms with Gasteiger partial charge in [0.25, 0.3) is 0 Å². The Balaban J connectivity index is 2.70. The summed E-state index contributed by atoms with van der Waals surface area (Å²) in [6.07, 6.45) is -0.0209. The number of carbonyl (C=O) groups excluding carboxylic acids is 2. The number of furan rings is 1. The minimum atomic E-state index is -3.42. The highest BCUT2D eigenvalue weighted by molar-refractivity contribution is 7.90. The zero-order valence-corrected chi connectivity index (χ0v) is 11.0. The van der Waals surface area contributed by atoms with E-state index in [1.807, 2.05) is 0 Å². The maximum Gasteiger partial charge on any atom is 0.373 e. The predicted molar refractivity (Wildman–Crippen MR) is 62.8 cm³/mol. The summed E-state index contributed by atoms with van der Waals surface area (Å²) in [4.78, 5) is 21.8. The van der Waals surface area contributed by atoms with Crippen molar-refractivity contribution in [3.63, 3.8) is 0 Å². The average Bonchev–Trinajstić information content (AvgIpc) is 2.73. The van der Waals surface area contributed by atoms with Gasteiger partial charge < -0.3 is 9.15 Å². The van der Waals surface area contributed by atoms with E-state index in [-0.39, 0.29) is 35.2 Å². The van der Waals surface area contributed by atoms with Crippen LogP contribution in [0.25, 0.3) is 0 Å². The van der Waals surface area contributed by atoms with Gasteiger partial charge in [0.15, 0.2) is 9.84 Å². The van der Waals surface area contributed by atoms with E-state index in [1.54, 1.807) is 0 Å². The fraction of sp³-hybridized carbons (Fsp3) is 0.455. The first-order valence-electron chi connectivity index (χ1n) is 5.21. The molecule has 0 aliphatic carbocycles. The van der Waals surface area contributed by atoms with Crippen LogP contribution in [-0.4, -0.2) is 33.0 Å². The lowest BCUT2D eigenvalue weighted by Crippen LogP contribution is -2.11. The molecule has 0 saturated carbocycles.